The maximum absolute atomic E-state index is 13.2. The number of nitrogens with zero attached hydrogens (tertiary/aromatic N) is 4. The topological polar surface area (TPSA) is 102 Å². The van der Waals surface area contributed by atoms with Crippen LogP contribution in [0.4, 0.5) is 5.69 Å². The standard InChI is InChI=1S/C31H35Cl2N5O5/c32-20-15-21(33)17-23(16-20)36-9-11-37(12-10-36)29(40)18-22-3-2-8-35(22)13-14-43-27-5-1-4-24-25(27)19-38(31(24)42)26-6-7-28(39)34-30(26)41/h1,4-5,15-17,22,26H,2-3,6-14,18-19H2,(H,34,39,41)/t22-,26?/m1/s1. The van der Waals surface area contributed by atoms with Crippen LogP contribution in [0.25, 0.3) is 0 Å². The molecule has 0 aromatic heterocycles. The Balaban J connectivity index is 0.995. The number of fused-ring (bicyclic) bond motifs is 1. The van der Waals surface area contributed by atoms with Gasteiger partial charge in [0.2, 0.25) is 17.7 Å². The monoisotopic (exact) mass is 627 g/mol. The highest BCUT2D eigenvalue weighted by atomic mass is 35.5. The number of amides is 4. The van der Waals surface area contributed by atoms with E-state index in [1.807, 2.05) is 23.1 Å². The second-order valence-electron chi connectivity index (χ2n) is 11.6. The summed E-state index contributed by atoms with van der Waals surface area (Å²) in [7, 11) is 0. The first kappa shape index (κ1) is 29.7. The smallest absolute Gasteiger partial charge is 0.255 e. The quantitative estimate of drug-likeness (QED) is 0.448. The van der Waals surface area contributed by atoms with Gasteiger partial charge >= 0.3 is 0 Å². The van der Waals surface area contributed by atoms with Crippen LogP contribution < -0.4 is 15.0 Å². The van der Waals surface area contributed by atoms with E-state index in [1.165, 1.54) is 4.90 Å². The number of anilines is 1. The number of nitrogens with one attached hydrogen (secondary N) is 1. The number of carbonyl (C=O) groups excluding carboxylic acids is 4. The number of likely N-dealkylation sites (tertiary alicyclic amines) is 1. The van der Waals surface area contributed by atoms with Crippen LogP contribution in [0.5, 0.6) is 5.75 Å². The number of rotatable bonds is 8. The maximum atomic E-state index is 13.2. The van der Waals surface area contributed by atoms with E-state index in [1.54, 1.807) is 18.2 Å². The molecule has 0 aliphatic carbocycles. The highest BCUT2D eigenvalue weighted by molar-refractivity contribution is 6.35. The van der Waals surface area contributed by atoms with Crippen LogP contribution in [0.2, 0.25) is 10.0 Å². The molecule has 3 fully saturated rings. The van der Waals surface area contributed by atoms with E-state index in [4.69, 9.17) is 27.9 Å². The van der Waals surface area contributed by atoms with Crippen LogP contribution in [0.1, 0.15) is 48.0 Å². The molecule has 4 aliphatic heterocycles. The number of piperazine rings is 1. The molecular formula is C31H35Cl2N5O5. The van der Waals surface area contributed by atoms with Crippen LogP contribution in [-0.2, 0) is 20.9 Å². The van der Waals surface area contributed by atoms with Crippen molar-refractivity contribution in [3.8, 4) is 5.75 Å². The summed E-state index contributed by atoms with van der Waals surface area (Å²) in [6.45, 7) is 5.07. The van der Waals surface area contributed by atoms with Crippen molar-refractivity contribution in [1.29, 1.82) is 0 Å². The van der Waals surface area contributed by atoms with Gasteiger partial charge in [-0.1, -0.05) is 29.3 Å². The van der Waals surface area contributed by atoms with Crippen LogP contribution >= 0.6 is 23.2 Å². The van der Waals surface area contributed by atoms with E-state index >= 15 is 0 Å². The summed E-state index contributed by atoms with van der Waals surface area (Å²) in [6, 6.07) is 10.4. The minimum atomic E-state index is -0.661. The summed E-state index contributed by atoms with van der Waals surface area (Å²) < 4.78 is 6.18. The summed E-state index contributed by atoms with van der Waals surface area (Å²) >= 11 is 12.4. The Morgan fingerprint density at radius 3 is 2.49 bits per heavy atom. The second kappa shape index (κ2) is 12.7. The molecule has 4 amide bonds. The lowest BCUT2D eigenvalue weighted by Gasteiger charge is -2.37. The Hall–Kier alpha value is -3.34. The molecule has 3 saturated heterocycles. The first-order valence-electron chi connectivity index (χ1n) is 14.9. The Kier molecular flexibility index (Phi) is 8.79. The number of carbonyl (C=O) groups is 4. The average Bonchev–Trinajstić information content (AvgIpc) is 3.56. The van der Waals surface area contributed by atoms with Crippen molar-refractivity contribution in [2.24, 2.45) is 0 Å². The van der Waals surface area contributed by atoms with E-state index in [2.05, 4.69) is 15.1 Å². The summed E-state index contributed by atoms with van der Waals surface area (Å²) in [5.41, 5.74) is 2.28. The minimum Gasteiger partial charge on any atom is -0.492 e. The molecule has 0 bridgehead atoms. The molecule has 1 unspecified atom stereocenters. The molecule has 10 nitrogen and oxygen atoms in total. The van der Waals surface area contributed by atoms with Gasteiger partial charge in [-0.15, -0.1) is 0 Å². The van der Waals surface area contributed by atoms with Crippen molar-refractivity contribution >= 4 is 52.5 Å². The SMILES string of the molecule is O=C1CCC(N2Cc3c(OCCN4CCC[C@@H]4CC(=O)N4CCN(c5cc(Cl)cc(Cl)c5)CC4)cccc3C2=O)C(=O)N1. The molecule has 2 aromatic rings. The number of piperidine rings is 1. The molecule has 2 atom stereocenters. The first-order chi connectivity index (χ1) is 20.8. The third-order valence-corrected chi connectivity index (χ3v) is 9.37. The van der Waals surface area contributed by atoms with Gasteiger partial charge in [-0.25, -0.2) is 0 Å². The minimum absolute atomic E-state index is 0.173. The van der Waals surface area contributed by atoms with Gasteiger partial charge in [-0.05, 0) is 56.1 Å². The van der Waals surface area contributed by atoms with Crippen LogP contribution in [0, 0.1) is 0 Å². The summed E-state index contributed by atoms with van der Waals surface area (Å²) in [4.78, 5) is 58.3. The lowest BCUT2D eigenvalue weighted by atomic mass is 10.0. The van der Waals surface area contributed by atoms with Gasteiger partial charge in [0.15, 0.2) is 0 Å². The molecule has 228 valence electrons. The maximum Gasteiger partial charge on any atom is 0.255 e. The molecule has 0 radical (unpaired) electrons. The fourth-order valence-electron chi connectivity index (χ4n) is 6.65. The van der Waals surface area contributed by atoms with Crippen LogP contribution in [-0.4, -0.2) is 96.3 Å². The van der Waals surface area contributed by atoms with Gasteiger partial charge in [0.05, 0.1) is 6.54 Å². The van der Waals surface area contributed by atoms with Gasteiger partial charge in [0, 0.05) is 78.5 Å². The van der Waals surface area contributed by atoms with Gasteiger partial charge < -0.3 is 19.4 Å². The van der Waals surface area contributed by atoms with Crippen molar-refractivity contribution in [3.63, 3.8) is 0 Å². The molecule has 1 N–H and O–H groups in total. The molecule has 6 rings (SSSR count). The molecule has 43 heavy (non-hydrogen) atoms. The highest BCUT2D eigenvalue weighted by Gasteiger charge is 2.40. The number of ether oxygens (including phenoxy) is 1. The van der Waals surface area contributed by atoms with Crippen molar-refractivity contribution < 1.29 is 23.9 Å². The summed E-state index contributed by atoms with van der Waals surface area (Å²) in [5.74, 6) is -0.146. The lowest BCUT2D eigenvalue weighted by molar-refractivity contribution is -0.137. The third-order valence-electron chi connectivity index (χ3n) is 8.93. The Morgan fingerprint density at radius 1 is 0.977 bits per heavy atom. The Labute approximate surface area is 260 Å². The zero-order valence-corrected chi connectivity index (χ0v) is 25.4. The van der Waals surface area contributed by atoms with E-state index < -0.39 is 11.9 Å². The molecular weight excluding hydrogens is 593 g/mol. The largest absolute Gasteiger partial charge is 0.492 e. The highest BCUT2D eigenvalue weighted by Crippen LogP contribution is 2.34. The third kappa shape index (κ3) is 6.46. The molecule has 0 saturated carbocycles. The van der Waals surface area contributed by atoms with E-state index in [9.17, 15) is 19.2 Å². The van der Waals surface area contributed by atoms with Gasteiger partial charge in [-0.3, -0.25) is 29.4 Å². The van der Waals surface area contributed by atoms with Crippen molar-refractivity contribution in [1.82, 2.24) is 20.0 Å². The second-order valence-corrected chi connectivity index (χ2v) is 12.4. The molecule has 4 aliphatic rings. The predicted octanol–water partition coefficient (Wildman–Crippen LogP) is 3.34. The van der Waals surface area contributed by atoms with E-state index in [-0.39, 0.29) is 36.7 Å². The predicted molar refractivity (Wildman–Crippen MR) is 162 cm³/mol. The lowest BCUT2D eigenvalue weighted by Crippen LogP contribution is -2.52. The van der Waals surface area contributed by atoms with Crippen LogP contribution in [0.3, 0.4) is 0 Å². The molecule has 12 heteroatoms. The van der Waals surface area contributed by atoms with Gasteiger partial charge in [0.25, 0.3) is 5.91 Å². The number of hydrogen-bond donors (Lipinski definition) is 1. The normalized spacial score (nSPS) is 22.7. The van der Waals surface area contributed by atoms with Crippen molar-refractivity contribution in [2.45, 2.75) is 50.7 Å². The zero-order chi connectivity index (χ0) is 30.1. The number of imide groups is 1. The number of hydrogen-bond acceptors (Lipinski definition) is 7. The molecule has 0 spiro atoms. The first-order valence-corrected chi connectivity index (χ1v) is 15.6. The molecule has 4 heterocycles. The van der Waals surface area contributed by atoms with Gasteiger partial charge in [0.1, 0.15) is 18.4 Å². The average molecular weight is 629 g/mol. The zero-order valence-electron chi connectivity index (χ0n) is 23.9. The van der Waals surface area contributed by atoms with Gasteiger partial charge in [-0.2, -0.15) is 0 Å². The van der Waals surface area contributed by atoms with Crippen molar-refractivity contribution in [3.05, 3.63) is 57.6 Å². The van der Waals surface area contributed by atoms with Crippen LogP contribution in [0.15, 0.2) is 36.4 Å². The fraction of sp³-hybridized carbons (Fsp3) is 0.484. The Morgan fingerprint density at radius 2 is 1.74 bits per heavy atom. The number of halogens is 2. The Bertz CT molecular complexity index is 1410. The summed E-state index contributed by atoms with van der Waals surface area (Å²) in [6.07, 6.45) is 3.04. The van der Waals surface area contributed by atoms with Crippen molar-refractivity contribution in [2.75, 3.05) is 50.8 Å². The number of benzene rings is 2. The summed E-state index contributed by atoms with van der Waals surface area (Å²) in [5, 5.41) is 3.54. The fourth-order valence-corrected chi connectivity index (χ4v) is 7.17. The van der Waals surface area contributed by atoms with E-state index in [0.717, 1.165) is 43.7 Å². The molecule has 2 aromatic carbocycles. The van der Waals surface area contributed by atoms with E-state index in [0.29, 0.717) is 60.4 Å².